The summed E-state index contributed by atoms with van der Waals surface area (Å²) in [7, 11) is 1.49. The van der Waals surface area contributed by atoms with Crippen LogP contribution in [0, 0.1) is 0 Å². The Morgan fingerprint density at radius 1 is 1.48 bits per heavy atom. The number of β-amino-alcohol motifs (C(OH)–C–C–N with tert-alkyl or cyclic N) is 1. The van der Waals surface area contributed by atoms with Gasteiger partial charge >= 0.3 is 6.18 Å². The largest absolute Gasteiger partial charge is 0.416 e. The van der Waals surface area contributed by atoms with E-state index in [0.717, 1.165) is 12.1 Å². The number of carbonyl (C=O) groups excluding carboxylic acids is 1. The number of likely N-dealkylation sites (N-methyl/N-ethyl adjacent to an activating group) is 1. The van der Waals surface area contributed by atoms with Crippen LogP contribution in [-0.2, 0) is 11.0 Å². The van der Waals surface area contributed by atoms with Gasteiger partial charge in [0.15, 0.2) is 0 Å². The van der Waals surface area contributed by atoms with Crippen molar-refractivity contribution < 1.29 is 23.1 Å². The van der Waals surface area contributed by atoms with E-state index >= 15 is 0 Å². The summed E-state index contributed by atoms with van der Waals surface area (Å²) in [5, 5.41) is 12.2. The van der Waals surface area contributed by atoms with E-state index in [4.69, 9.17) is 0 Å². The number of amides is 1. The van der Waals surface area contributed by atoms with Crippen LogP contribution in [-0.4, -0.2) is 42.2 Å². The number of alkyl halides is 3. The van der Waals surface area contributed by atoms with E-state index in [2.05, 4.69) is 5.32 Å². The minimum atomic E-state index is -4.40. The van der Waals surface area contributed by atoms with Crippen LogP contribution in [0.1, 0.15) is 23.6 Å². The summed E-state index contributed by atoms with van der Waals surface area (Å²) in [5.74, 6) is -0.235. The molecule has 1 amide bonds. The van der Waals surface area contributed by atoms with Crippen LogP contribution in [0.4, 0.5) is 13.2 Å². The van der Waals surface area contributed by atoms with Crippen molar-refractivity contribution in [1.29, 1.82) is 0 Å². The highest BCUT2D eigenvalue weighted by molar-refractivity contribution is 5.77. The van der Waals surface area contributed by atoms with Crippen LogP contribution in [0.5, 0.6) is 0 Å². The predicted molar refractivity (Wildman–Crippen MR) is 70.4 cm³/mol. The molecule has 1 aromatic carbocycles. The first-order valence-electron chi connectivity index (χ1n) is 6.61. The molecule has 0 saturated carbocycles. The Bertz CT molecular complexity index is 519. The average molecular weight is 302 g/mol. The van der Waals surface area contributed by atoms with Crippen molar-refractivity contribution in [3.05, 3.63) is 35.4 Å². The molecule has 1 aromatic rings. The summed E-state index contributed by atoms with van der Waals surface area (Å²) in [6.07, 6.45) is -4.73. The fraction of sp³-hybridized carbons (Fsp3) is 0.500. The van der Waals surface area contributed by atoms with Crippen molar-refractivity contribution in [2.75, 3.05) is 20.1 Å². The van der Waals surface area contributed by atoms with Crippen LogP contribution < -0.4 is 5.32 Å². The van der Waals surface area contributed by atoms with Crippen molar-refractivity contribution in [2.45, 2.75) is 24.7 Å². The molecule has 2 rings (SSSR count). The Morgan fingerprint density at radius 3 is 2.81 bits per heavy atom. The van der Waals surface area contributed by atoms with Crippen molar-refractivity contribution >= 4 is 5.91 Å². The molecular formula is C14H17F3N2O2. The topological polar surface area (TPSA) is 52.6 Å². The lowest BCUT2D eigenvalue weighted by Crippen LogP contribution is -2.36. The number of halogens is 3. The monoisotopic (exact) mass is 302 g/mol. The van der Waals surface area contributed by atoms with Crippen molar-refractivity contribution in [3.8, 4) is 0 Å². The Balaban J connectivity index is 2.24. The average Bonchev–Trinajstić information content (AvgIpc) is 2.78. The molecule has 21 heavy (non-hydrogen) atoms. The summed E-state index contributed by atoms with van der Waals surface area (Å²) >= 11 is 0. The molecular weight excluding hydrogens is 285 g/mol. The lowest BCUT2D eigenvalue weighted by molar-refractivity contribution is -0.137. The van der Waals surface area contributed by atoms with Crippen LogP contribution in [0.25, 0.3) is 0 Å². The molecule has 2 atom stereocenters. The molecule has 1 heterocycles. The predicted octanol–water partition coefficient (Wildman–Crippen LogP) is 1.56. The highest BCUT2D eigenvalue weighted by Gasteiger charge is 2.35. The Hall–Kier alpha value is -1.60. The zero-order chi connectivity index (χ0) is 15.6. The van der Waals surface area contributed by atoms with Gasteiger partial charge in [-0.2, -0.15) is 13.2 Å². The number of rotatable bonds is 3. The minimum absolute atomic E-state index is 0.0501. The molecule has 116 valence electrons. The number of nitrogens with one attached hydrogen (secondary N) is 1. The van der Waals surface area contributed by atoms with Crippen molar-refractivity contribution in [3.63, 3.8) is 0 Å². The van der Waals surface area contributed by atoms with Gasteiger partial charge in [0.25, 0.3) is 0 Å². The molecule has 1 aliphatic rings. The van der Waals surface area contributed by atoms with Crippen LogP contribution in [0.15, 0.2) is 24.3 Å². The van der Waals surface area contributed by atoms with Gasteiger partial charge in [-0.25, -0.2) is 0 Å². The molecule has 0 aliphatic carbocycles. The molecule has 0 bridgehead atoms. The summed E-state index contributed by atoms with van der Waals surface area (Å²) in [4.78, 5) is 13.2. The number of likely N-dealkylation sites (tertiary alicyclic amines) is 1. The quantitative estimate of drug-likeness (QED) is 0.891. The Morgan fingerprint density at radius 2 is 2.19 bits per heavy atom. The lowest BCUT2D eigenvalue weighted by Gasteiger charge is -2.24. The summed E-state index contributed by atoms with van der Waals surface area (Å²) in [6, 6.07) is 4.65. The van der Waals surface area contributed by atoms with Crippen LogP contribution in [0.2, 0.25) is 0 Å². The maximum absolute atomic E-state index is 12.8. The minimum Gasteiger partial charge on any atom is -0.392 e. The van der Waals surface area contributed by atoms with Gasteiger partial charge in [-0.05, 0) is 24.1 Å². The van der Waals surface area contributed by atoms with Gasteiger partial charge in [-0.1, -0.05) is 12.1 Å². The Labute approximate surface area is 120 Å². The number of benzene rings is 1. The third-order valence-corrected chi connectivity index (χ3v) is 3.61. The Kier molecular flexibility index (Phi) is 4.53. The molecule has 0 radical (unpaired) electrons. The zero-order valence-electron chi connectivity index (χ0n) is 11.5. The molecule has 1 fully saturated rings. The van der Waals surface area contributed by atoms with Crippen LogP contribution >= 0.6 is 0 Å². The number of hydrogen-bond donors (Lipinski definition) is 2. The molecule has 2 N–H and O–H groups in total. The highest BCUT2D eigenvalue weighted by atomic mass is 19.4. The first kappa shape index (κ1) is 15.8. The number of nitrogens with zero attached hydrogens (tertiary/aromatic N) is 1. The van der Waals surface area contributed by atoms with Gasteiger partial charge < -0.3 is 10.4 Å². The fourth-order valence-corrected chi connectivity index (χ4v) is 2.59. The van der Waals surface area contributed by atoms with Gasteiger partial charge in [0.2, 0.25) is 5.91 Å². The third-order valence-electron chi connectivity index (χ3n) is 3.61. The lowest BCUT2D eigenvalue weighted by atomic mass is 10.0. The molecule has 0 spiro atoms. The molecule has 4 nitrogen and oxygen atoms in total. The fourth-order valence-electron chi connectivity index (χ4n) is 2.59. The molecule has 7 heteroatoms. The second-order valence-corrected chi connectivity index (χ2v) is 5.13. The van der Waals surface area contributed by atoms with Gasteiger partial charge in [0.1, 0.15) is 0 Å². The molecule has 0 unspecified atom stereocenters. The molecule has 1 aliphatic heterocycles. The van der Waals surface area contributed by atoms with Crippen LogP contribution in [0.3, 0.4) is 0 Å². The maximum atomic E-state index is 12.8. The number of aliphatic hydroxyl groups is 1. The molecule has 1 saturated heterocycles. The van der Waals surface area contributed by atoms with Crippen molar-refractivity contribution in [1.82, 2.24) is 10.2 Å². The first-order valence-corrected chi connectivity index (χ1v) is 6.61. The van der Waals surface area contributed by atoms with E-state index in [-0.39, 0.29) is 25.0 Å². The number of carbonyl (C=O) groups is 1. The third kappa shape index (κ3) is 3.74. The second kappa shape index (κ2) is 6.03. The normalized spacial score (nSPS) is 23.3. The van der Waals surface area contributed by atoms with Gasteiger partial charge in [-0.15, -0.1) is 0 Å². The molecule has 0 aromatic heterocycles. The highest BCUT2D eigenvalue weighted by Crippen LogP contribution is 2.35. The first-order chi connectivity index (χ1) is 9.81. The maximum Gasteiger partial charge on any atom is 0.416 e. The number of aliphatic hydroxyl groups excluding tert-OH is 1. The summed E-state index contributed by atoms with van der Waals surface area (Å²) < 4.78 is 38.3. The standard InChI is InChI=1S/C14H17F3N2O2/c1-18-13(21)8-19-7-11(20)6-12(19)9-3-2-4-10(5-9)14(15,16)17/h2-5,11-12,20H,6-8H2,1H3,(H,18,21)/t11-,12-/m0/s1. The van der Waals surface area contributed by atoms with E-state index in [9.17, 15) is 23.1 Å². The number of hydrogen-bond acceptors (Lipinski definition) is 3. The van der Waals surface area contributed by atoms with Gasteiger partial charge in [0.05, 0.1) is 18.2 Å². The smallest absolute Gasteiger partial charge is 0.392 e. The van der Waals surface area contributed by atoms with E-state index < -0.39 is 17.8 Å². The van der Waals surface area contributed by atoms with E-state index in [1.807, 2.05) is 0 Å². The van der Waals surface area contributed by atoms with Gasteiger partial charge in [0, 0.05) is 19.6 Å². The second-order valence-electron chi connectivity index (χ2n) is 5.13. The zero-order valence-corrected chi connectivity index (χ0v) is 11.5. The van der Waals surface area contributed by atoms with E-state index in [0.29, 0.717) is 12.0 Å². The summed E-state index contributed by atoms with van der Waals surface area (Å²) in [5.41, 5.74) is -0.258. The van der Waals surface area contributed by atoms with Crippen molar-refractivity contribution in [2.24, 2.45) is 0 Å². The summed E-state index contributed by atoms with van der Waals surface area (Å²) in [6.45, 7) is 0.322. The van der Waals surface area contributed by atoms with E-state index in [1.54, 1.807) is 11.0 Å². The van der Waals surface area contributed by atoms with E-state index in [1.165, 1.54) is 13.1 Å². The van der Waals surface area contributed by atoms with Gasteiger partial charge in [-0.3, -0.25) is 9.69 Å². The SMILES string of the molecule is CNC(=O)CN1C[C@@H](O)C[C@H]1c1cccc(C(F)(F)F)c1.